The van der Waals surface area contributed by atoms with E-state index in [1.54, 1.807) is 18.9 Å². The van der Waals surface area contributed by atoms with Crippen LogP contribution < -0.4 is 0 Å². The first-order valence-corrected chi connectivity index (χ1v) is 4.89. The lowest BCUT2D eigenvalue weighted by molar-refractivity contribution is -0.131. The van der Waals surface area contributed by atoms with Crippen molar-refractivity contribution in [2.24, 2.45) is 0 Å². The van der Waals surface area contributed by atoms with Crippen LogP contribution in [0.1, 0.15) is 34.6 Å². The summed E-state index contributed by atoms with van der Waals surface area (Å²) in [6.07, 6.45) is 0. The molecule has 3 heteroatoms. The maximum atomic E-state index is 11.0. The van der Waals surface area contributed by atoms with E-state index in [-0.39, 0.29) is 11.9 Å². The number of ether oxygens (including phenoxy) is 1. The predicted molar refractivity (Wildman–Crippen MR) is 55.7 cm³/mol. The van der Waals surface area contributed by atoms with E-state index in [4.69, 9.17) is 4.74 Å². The summed E-state index contributed by atoms with van der Waals surface area (Å²) in [6, 6.07) is 0.183. The molecule has 3 nitrogen and oxygen atoms in total. The molecular weight excluding hydrogens is 166 g/mol. The number of nitrogens with zero attached hydrogens (tertiary/aromatic N) is 1. The average Bonchev–Trinajstić information content (AvgIpc) is 2.09. The number of hydrogen-bond donors (Lipinski definition) is 0. The van der Waals surface area contributed by atoms with E-state index >= 15 is 0 Å². The van der Waals surface area contributed by atoms with Gasteiger partial charge < -0.3 is 9.64 Å². The van der Waals surface area contributed by atoms with Gasteiger partial charge in [0.25, 0.3) is 0 Å². The molecule has 80 valence electrons. The molecule has 0 aliphatic carbocycles. The molecule has 0 spiro atoms. The second-order valence-electron chi connectivity index (χ2n) is 2.61. The van der Waals surface area contributed by atoms with E-state index in [2.05, 4.69) is 0 Å². The molecule has 0 aliphatic heterocycles. The first-order chi connectivity index (χ1) is 6.13. The maximum Gasteiger partial charge on any atom is 0.219 e. The normalized spacial score (nSPS) is 11.2. The van der Waals surface area contributed by atoms with Crippen LogP contribution in [-0.2, 0) is 9.53 Å². The van der Waals surface area contributed by atoms with Crippen molar-refractivity contribution in [1.29, 1.82) is 0 Å². The molecule has 1 atom stereocenters. The summed E-state index contributed by atoms with van der Waals surface area (Å²) in [4.78, 5) is 12.7. The van der Waals surface area contributed by atoms with Crippen molar-refractivity contribution in [3.8, 4) is 0 Å². The van der Waals surface area contributed by atoms with Crippen molar-refractivity contribution in [3.05, 3.63) is 0 Å². The fraction of sp³-hybridized carbons (Fsp3) is 0.900. The molecule has 0 radical (unpaired) electrons. The SMILES string of the molecule is CC.CCN(C(C)=O)C(C)COC. The van der Waals surface area contributed by atoms with Crippen LogP contribution in [-0.4, -0.2) is 37.1 Å². The number of carbonyl (C=O) groups excluding carboxylic acids is 1. The minimum atomic E-state index is 0.108. The van der Waals surface area contributed by atoms with Gasteiger partial charge in [-0.1, -0.05) is 13.8 Å². The molecule has 0 aromatic heterocycles. The highest BCUT2D eigenvalue weighted by Gasteiger charge is 2.13. The van der Waals surface area contributed by atoms with E-state index in [0.717, 1.165) is 6.54 Å². The van der Waals surface area contributed by atoms with Gasteiger partial charge in [0, 0.05) is 20.6 Å². The summed E-state index contributed by atoms with van der Waals surface area (Å²) in [6.45, 7) is 10.9. The first kappa shape index (κ1) is 14.9. The predicted octanol–water partition coefficient (Wildman–Crippen LogP) is 1.92. The van der Waals surface area contributed by atoms with Crippen LogP contribution in [0.5, 0.6) is 0 Å². The van der Waals surface area contributed by atoms with Crippen LogP contribution in [0.25, 0.3) is 0 Å². The summed E-state index contributed by atoms with van der Waals surface area (Å²) in [7, 11) is 1.64. The third kappa shape index (κ3) is 6.58. The highest BCUT2D eigenvalue weighted by Crippen LogP contribution is 1.98. The Hall–Kier alpha value is -0.570. The zero-order valence-corrected chi connectivity index (χ0v) is 9.76. The highest BCUT2D eigenvalue weighted by molar-refractivity contribution is 5.73. The monoisotopic (exact) mass is 189 g/mol. The number of likely N-dealkylation sites (N-methyl/N-ethyl adjacent to an activating group) is 1. The second-order valence-corrected chi connectivity index (χ2v) is 2.61. The van der Waals surface area contributed by atoms with Gasteiger partial charge in [0.2, 0.25) is 5.91 Å². The Morgan fingerprint density at radius 2 is 1.92 bits per heavy atom. The molecule has 13 heavy (non-hydrogen) atoms. The van der Waals surface area contributed by atoms with Crippen LogP contribution in [0.2, 0.25) is 0 Å². The van der Waals surface area contributed by atoms with Crippen molar-refractivity contribution >= 4 is 5.91 Å². The van der Waals surface area contributed by atoms with Crippen LogP contribution in [0, 0.1) is 0 Å². The Balaban J connectivity index is 0. The maximum absolute atomic E-state index is 11.0. The highest BCUT2D eigenvalue weighted by atomic mass is 16.5. The fourth-order valence-electron chi connectivity index (χ4n) is 1.18. The summed E-state index contributed by atoms with van der Waals surface area (Å²) >= 11 is 0. The lowest BCUT2D eigenvalue weighted by Gasteiger charge is -2.25. The van der Waals surface area contributed by atoms with Crippen LogP contribution in [0.4, 0.5) is 0 Å². The molecule has 0 aromatic rings. The minimum absolute atomic E-state index is 0.108. The smallest absolute Gasteiger partial charge is 0.219 e. The van der Waals surface area contributed by atoms with Gasteiger partial charge in [0.15, 0.2) is 0 Å². The van der Waals surface area contributed by atoms with Crippen LogP contribution >= 0.6 is 0 Å². The Labute approximate surface area is 82.1 Å². The Morgan fingerprint density at radius 3 is 2.15 bits per heavy atom. The van der Waals surface area contributed by atoms with Crippen LogP contribution in [0.15, 0.2) is 0 Å². The molecule has 0 saturated carbocycles. The molecule has 0 bridgehead atoms. The zero-order chi connectivity index (χ0) is 10.9. The van der Waals surface area contributed by atoms with Crippen molar-refractivity contribution < 1.29 is 9.53 Å². The average molecular weight is 189 g/mol. The van der Waals surface area contributed by atoms with Gasteiger partial charge in [-0.2, -0.15) is 0 Å². The molecule has 0 aliphatic rings. The quantitative estimate of drug-likeness (QED) is 0.676. The van der Waals surface area contributed by atoms with Gasteiger partial charge in [-0.25, -0.2) is 0 Å². The number of hydrogen-bond acceptors (Lipinski definition) is 2. The summed E-state index contributed by atoms with van der Waals surface area (Å²) in [5, 5.41) is 0. The van der Waals surface area contributed by atoms with Gasteiger partial charge >= 0.3 is 0 Å². The van der Waals surface area contributed by atoms with Crippen molar-refractivity contribution in [1.82, 2.24) is 4.90 Å². The molecule has 0 fully saturated rings. The lowest BCUT2D eigenvalue weighted by Crippen LogP contribution is -2.39. The largest absolute Gasteiger partial charge is 0.383 e. The number of carbonyl (C=O) groups is 1. The Morgan fingerprint density at radius 1 is 1.46 bits per heavy atom. The van der Waals surface area contributed by atoms with Crippen molar-refractivity contribution in [2.75, 3.05) is 20.3 Å². The third-order valence-electron chi connectivity index (χ3n) is 1.69. The van der Waals surface area contributed by atoms with Gasteiger partial charge in [-0.15, -0.1) is 0 Å². The number of amides is 1. The summed E-state index contributed by atoms with van der Waals surface area (Å²) < 4.78 is 4.94. The molecule has 0 rings (SSSR count). The molecule has 0 aromatic carbocycles. The van der Waals surface area contributed by atoms with Gasteiger partial charge in [0.1, 0.15) is 0 Å². The topological polar surface area (TPSA) is 29.5 Å². The third-order valence-corrected chi connectivity index (χ3v) is 1.69. The van der Waals surface area contributed by atoms with E-state index < -0.39 is 0 Å². The summed E-state index contributed by atoms with van der Waals surface area (Å²) in [5.74, 6) is 0.108. The van der Waals surface area contributed by atoms with Crippen molar-refractivity contribution in [3.63, 3.8) is 0 Å². The van der Waals surface area contributed by atoms with Gasteiger partial charge in [0.05, 0.1) is 12.6 Å². The first-order valence-electron chi connectivity index (χ1n) is 4.89. The fourth-order valence-corrected chi connectivity index (χ4v) is 1.18. The molecular formula is C10H23NO2. The second kappa shape index (κ2) is 9.52. The molecule has 0 N–H and O–H groups in total. The zero-order valence-electron chi connectivity index (χ0n) is 9.76. The van der Waals surface area contributed by atoms with E-state index in [1.807, 2.05) is 27.7 Å². The van der Waals surface area contributed by atoms with Gasteiger partial charge in [-0.05, 0) is 13.8 Å². The standard InChI is InChI=1S/C8H17NO2.C2H6/c1-5-9(8(3)10)7(2)6-11-4;1-2/h7H,5-6H2,1-4H3;1-2H3. The van der Waals surface area contributed by atoms with Gasteiger partial charge in [-0.3, -0.25) is 4.79 Å². The van der Waals surface area contributed by atoms with E-state index in [9.17, 15) is 4.79 Å². The van der Waals surface area contributed by atoms with E-state index in [0.29, 0.717) is 6.61 Å². The molecule has 0 heterocycles. The molecule has 0 saturated heterocycles. The van der Waals surface area contributed by atoms with Crippen molar-refractivity contribution in [2.45, 2.75) is 40.7 Å². The number of rotatable bonds is 4. The van der Waals surface area contributed by atoms with Crippen LogP contribution in [0.3, 0.4) is 0 Å². The number of methoxy groups -OCH3 is 1. The Kier molecular flexibility index (Phi) is 10.9. The minimum Gasteiger partial charge on any atom is -0.383 e. The molecule has 1 amide bonds. The Bertz CT molecular complexity index is 126. The summed E-state index contributed by atoms with van der Waals surface area (Å²) in [5.41, 5.74) is 0. The van der Waals surface area contributed by atoms with E-state index in [1.165, 1.54) is 0 Å². The molecule has 1 unspecified atom stereocenters. The lowest BCUT2D eigenvalue weighted by atomic mass is 10.3.